The first kappa shape index (κ1) is 13.3. The van der Waals surface area contributed by atoms with Crippen molar-refractivity contribution in [2.45, 2.75) is 12.5 Å². The van der Waals surface area contributed by atoms with Gasteiger partial charge in [0, 0.05) is 31.5 Å². The minimum absolute atomic E-state index is 0.0463. The van der Waals surface area contributed by atoms with Gasteiger partial charge in [-0.2, -0.15) is 0 Å². The Morgan fingerprint density at radius 2 is 2.53 bits per heavy atom. The molecule has 0 aliphatic carbocycles. The van der Waals surface area contributed by atoms with Crippen molar-refractivity contribution in [2.24, 2.45) is 11.0 Å². The van der Waals surface area contributed by atoms with E-state index >= 15 is 0 Å². The lowest BCUT2D eigenvalue weighted by molar-refractivity contribution is -0.150. The number of carboxylic acids is 1. The van der Waals surface area contributed by atoms with Crippen molar-refractivity contribution in [3.63, 3.8) is 0 Å². The van der Waals surface area contributed by atoms with Crippen LogP contribution in [0.4, 0.5) is 0 Å². The molecule has 1 amide bonds. The molecule has 2 atom stereocenters. The molecule has 1 N–H and O–H groups in total. The van der Waals surface area contributed by atoms with Crippen LogP contribution in [0, 0.1) is 5.92 Å². The average molecular weight is 242 g/mol. The molecule has 1 aliphatic rings. The molecule has 17 heavy (non-hydrogen) atoms. The van der Waals surface area contributed by atoms with Gasteiger partial charge in [-0.15, -0.1) is 0 Å². The molecule has 8 heteroatoms. The van der Waals surface area contributed by atoms with Crippen LogP contribution in [-0.4, -0.2) is 54.7 Å². The first-order valence-electron chi connectivity index (χ1n) is 5.12. The third-order valence-corrected chi connectivity index (χ3v) is 2.63. The predicted molar refractivity (Wildman–Crippen MR) is 57.1 cm³/mol. The molecule has 0 spiro atoms. The van der Waals surface area contributed by atoms with Gasteiger partial charge >= 0.3 is 5.97 Å². The molecule has 8 nitrogen and oxygen atoms in total. The number of aliphatic carboxylic acids is 1. The highest BCUT2D eigenvalue weighted by Gasteiger charge is 2.37. The van der Waals surface area contributed by atoms with E-state index in [0.717, 1.165) is 0 Å². The highest BCUT2D eigenvalue weighted by Crippen LogP contribution is 2.21. The summed E-state index contributed by atoms with van der Waals surface area (Å²) in [5, 5.41) is 12.4. The van der Waals surface area contributed by atoms with Gasteiger partial charge in [-0.05, 0) is 11.4 Å². The highest BCUT2D eigenvalue weighted by atomic mass is 16.5. The van der Waals surface area contributed by atoms with Crippen LogP contribution < -0.4 is 0 Å². The fraction of sp³-hybridized carbons (Fsp3) is 0.778. The molecule has 1 rings (SSSR count). The molecule has 0 aromatic carbocycles. The van der Waals surface area contributed by atoms with Crippen molar-refractivity contribution >= 4 is 11.9 Å². The van der Waals surface area contributed by atoms with E-state index in [-0.39, 0.29) is 37.9 Å². The average Bonchev–Trinajstić information content (AvgIpc) is 2.64. The van der Waals surface area contributed by atoms with Crippen LogP contribution in [0.2, 0.25) is 0 Å². The number of carbonyl (C=O) groups is 2. The summed E-state index contributed by atoms with van der Waals surface area (Å²) in [6, 6.07) is -0.969. The second kappa shape index (κ2) is 6.07. The fourth-order valence-electron chi connectivity index (χ4n) is 1.84. The van der Waals surface area contributed by atoms with Crippen LogP contribution in [0.3, 0.4) is 0 Å². The van der Waals surface area contributed by atoms with Crippen molar-refractivity contribution in [1.82, 2.24) is 4.90 Å². The van der Waals surface area contributed by atoms with E-state index in [1.165, 1.54) is 12.0 Å². The topological polar surface area (TPSA) is 116 Å². The quantitative estimate of drug-likeness (QED) is 0.408. The van der Waals surface area contributed by atoms with Crippen LogP contribution >= 0.6 is 0 Å². The summed E-state index contributed by atoms with van der Waals surface area (Å²) in [7, 11) is 1.38. The number of azide groups is 1. The van der Waals surface area contributed by atoms with E-state index in [9.17, 15) is 9.59 Å². The summed E-state index contributed by atoms with van der Waals surface area (Å²) in [5.74, 6) is -1.45. The van der Waals surface area contributed by atoms with E-state index in [0.29, 0.717) is 0 Å². The van der Waals surface area contributed by atoms with Crippen molar-refractivity contribution in [3.8, 4) is 0 Å². The summed E-state index contributed by atoms with van der Waals surface area (Å²) in [4.78, 5) is 26.5. The smallest absolute Gasteiger partial charge is 0.328 e. The molecule has 0 bridgehead atoms. The molecule has 1 heterocycles. The van der Waals surface area contributed by atoms with Crippen molar-refractivity contribution in [1.29, 1.82) is 0 Å². The third-order valence-electron chi connectivity index (χ3n) is 2.63. The summed E-state index contributed by atoms with van der Waals surface area (Å²) in [6.45, 7) is 0.450. The number of hydrogen-bond donors (Lipinski definition) is 1. The summed E-state index contributed by atoms with van der Waals surface area (Å²) in [5.41, 5.74) is 8.19. The number of rotatable bonds is 6. The number of methoxy groups -OCH3 is 1. The SMILES string of the molecule is COC[C@@H](C(=O)O)N1CC(CN=[N+]=[N-])CC1=O. The summed E-state index contributed by atoms with van der Waals surface area (Å²) < 4.78 is 4.79. The Kier molecular flexibility index (Phi) is 4.74. The van der Waals surface area contributed by atoms with Gasteiger partial charge in [0.1, 0.15) is 0 Å². The predicted octanol–water partition coefficient (Wildman–Crippen LogP) is 0.245. The molecule has 0 saturated carbocycles. The van der Waals surface area contributed by atoms with E-state index < -0.39 is 12.0 Å². The molecule has 1 saturated heterocycles. The number of carbonyl (C=O) groups excluding carboxylic acids is 1. The number of amides is 1. The number of hydrogen-bond acceptors (Lipinski definition) is 4. The number of nitrogens with zero attached hydrogens (tertiary/aromatic N) is 4. The van der Waals surface area contributed by atoms with E-state index in [1.54, 1.807) is 0 Å². The van der Waals surface area contributed by atoms with Gasteiger partial charge in [0.25, 0.3) is 0 Å². The van der Waals surface area contributed by atoms with Gasteiger partial charge < -0.3 is 14.7 Å². The largest absolute Gasteiger partial charge is 0.480 e. The van der Waals surface area contributed by atoms with Crippen molar-refractivity contribution < 1.29 is 19.4 Å². The second-order valence-corrected chi connectivity index (χ2v) is 3.84. The zero-order chi connectivity index (χ0) is 12.8. The van der Waals surface area contributed by atoms with Gasteiger partial charge in [0.2, 0.25) is 5.91 Å². The minimum atomic E-state index is -1.09. The van der Waals surface area contributed by atoms with Crippen molar-refractivity contribution in [3.05, 3.63) is 10.4 Å². The van der Waals surface area contributed by atoms with Crippen molar-refractivity contribution in [2.75, 3.05) is 26.8 Å². The Balaban J connectivity index is 2.67. The van der Waals surface area contributed by atoms with Gasteiger partial charge in [-0.25, -0.2) is 4.79 Å². The fourth-order valence-corrected chi connectivity index (χ4v) is 1.84. The van der Waals surface area contributed by atoms with E-state index in [4.69, 9.17) is 15.4 Å². The van der Waals surface area contributed by atoms with Crippen LogP contribution in [0.15, 0.2) is 5.11 Å². The number of ether oxygens (including phenoxy) is 1. The van der Waals surface area contributed by atoms with Gasteiger partial charge in [0.05, 0.1) is 6.61 Å². The first-order chi connectivity index (χ1) is 8.10. The maximum absolute atomic E-state index is 11.6. The van der Waals surface area contributed by atoms with Gasteiger partial charge in [-0.3, -0.25) is 4.79 Å². The standard InChI is InChI=1S/C9H14N4O4/c1-17-5-7(9(15)16)13-4-6(2-8(13)14)3-11-12-10/h6-7H,2-5H2,1H3,(H,15,16)/t6?,7-/m0/s1. The van der Waals surface area contributed by atoms with Crippen LogP contribution in [0.1, 0.15) is 6.42 Å². The van der Waals surface area contributed by atoms with Crippen LogP contribution in [0.5, 0.6) is 0 Å². The molecule has 0 aromatic heterocycles. The number of carboxylic acid groups (broad SMARTS) is 1. The molecule has 0 aromatic rings. The highest BCUT2D eigenvalue weighted by molar-refractivity contribution is 5.85. The van der Waals surface area contributed by atoms with Crippen LogP contribution in [-0.2, 0) is 14.3 Å². The number of likely N-dealkylation sites (tertiary alicyclic amines) is 1. The maximum atomic E-state index is 11.6. The summed E-state index contributed by atoms with van der Waals surface area (Å²) >= 11 is 0. The zero-order valence-corrected chi connectivity index (χ0v) is 9.44. The van der Waals surface area contributed by atoms with Crippen LogP contribution in [0.25, 0.3) is 10.4 Å². The molecule has 94 valence electrons. The van der Waals surface area contributed by atoms with Gasteiger partial charge in [-0.1, -0.05) is 5.11 Å². The third kappa shape index (κ3) is 3.33. The Hall–Kier alpha value is -1.79. The lowest BCUT2D eigenvalue weighted by Crippen LogP contribution is -2.45. The maximum Gasteiger partial charge on any atom is 0.328 e. The molecular weight excluding hydrogens is 228 g/mol. The first-order valence-corrected chi connectivity index (χ1v) is 5.12. The molecular formula is C9H14N4O4. The summed E-state index contributed by atoms with van der Waals surface area (Å²) in [6.07, 6.45) is 0.215. The normalized spacial score (nSPS) is 21.1. The zero-order valence-electron chi connectivity index (χ0n) is 9.44. The Labute approximate surface area is 97.8 Å². The second-order valence-electron chi connectivity index (χ2n) is 3.84. The monoisotopic (exact) mass is 242 g/mol. The Bertz CT molecular complexity index is 353. The van der Waals surface area contributed by atoms with E-state index in [2.05, 4.69) is 10.0 Å². The van der Waals surface area contributed by atoms with E-state index in [1.807, 2.05) is 0 Å². The van der Waals surface area contributed by atoms with Gasteiger partial charge in [0.15, 0.2) is 6.04 Å². The Morgan fingerprint density at radius 1 is 1.82 bits per heavy atom. The molecule has 0 radical (unpaired) electrons. The molecule has 1 fully saturated rings. The Morgan fingerprint density at radius 3 is 3.06 bits per heavy atom. The minimum Gasteiger partial charge on any atom is -0.480 e. The lowest BCUT2D eigenvalue weighted by atomic mass is 10.1. The molecule has 1 aliphatic heterocycles. The lowest BCUT2D eigenvalue weighted by Gasteiger charge is -2.23. The molecule has 1 unspecified atom stereocenters.